The highest BCUT2D eigenvalue weighted by molar-refractivity contribution is 7.80. The van der Waals surface area contributed by atoms with Gasteiger partial charge in [-0.25, -0.2) is 0 Å². The molecule has 0 atom stereocenters. The standard InChI is InChI=1S/C12H11N3OS2/c13-11(17)8-2-1-3-9(4-8)12(16)15-6-10-5-14-7-18-10/h1-5,7H,6H2,(H2,13,17)(H,15,16). The van der Waals surface area contributed by atoms with Gasteiger partial charge in [0.1, 0.15) is 4.99 Å². The largest absolute Gasteiger partial charge is 0.389 e. The van der Waals surface area contributed by atoms with Crippen LogP contribution in [0.1, 0.15) is 20.8 Å². The van der Waals surface area contributed by atoms with E-state index in [2.05, 4.69) is 10.3 Å². The fraction of sp³-hybridized carbons (Fsp3) is 0.0833. The maximum Gasteiger partial charge on any atom is 0.251 e. The smallest absolute Gasteiger partial charge is 0.251 e. The molecule has 1 amide bonds. The van der Waals surface area contributed by atoms with Gasteiger partial charge in [-0.2, -0.15) is 0 Å². The number of hydrogen-bond donors (Lipinski definition) is 2. The SMILES string of the molecule is NC(=S)c1cccc(C(=O)NCc2cncs2)c1. The summed E-state index contributed by atoms with van der Waals surface area (Å²) >= 11 is 6.38. The number of nitrogens with two attached hydrogens (primary N) is 1. The molecule has 0 unspecified atom stereocenters. The van der Waals surface area contributed by atoms with Gasteiger partial charge in [0.2, 0.25) is 0 Å². The van der Waals surface area contributed by atoms with Crippen LogP contribution >= 0.6 is 23.6 Å². The first-order valence-electron chi connectivity index (χ1n) is 5.22. The number of carbonyl (C=O) groups is 1. The minimum atomic E-state index is -0.151. The van der Waals surface area contributed by atoms with Gasteiger partial charge in [0.15, 0.2) is 0 Å². The zero-order valence-electron chi connectivity index (χ0n) is 9.42. The third-order valence-corrected chi connectivity index (χ3v) is 3.33. The number of aromatic nitrogens is 1. The Morgan fingerprint density at radius 1 is 1.44 bits per heavy atom. The Bertz CT molecular complexity index is 566. The van der Waals surface area contributed by atoms with Crippen molar-refractivity contribution in [3.63, 3.8) is 0 Å². The molecule has 0 spiro atoms. The van der Waals surface area contributed by atoms with Gasteiger partial charge in [0.05, 0.1) is 12.1 Å². The van der Waals surface area contributed by atoms with Crippen LogP contribution in [0, 0.1) is 0 Å². The molecule has 0 saturated carbocycles. The lowest BCUT2D eigenvalue weighted by Gasteiger charge is -2.05. The molecule has 2 aromatic rings. The van der Waals surface area contributed by atoms with E-state index in [0.717, 1.165) is 4.88 Å². The van der Waals surface area contributed by atoms with Gasteiger partial charge in [0.25, 0.3) is 5.91 Å². The summed E-state index contributed by atoms with van der Waals surface area (Å²) in [6, 6.07) is 6.95. The Morgan fingerprint density at radius 3 is 2.89 bits per heavy atom. The van der Waals surface area contributed by atoms with E-state index in [4.69, 9.17) is 18.0 Å². The maximum absolute atomic E-state index is 11.9. The second kappa shape index (κ2) is 5.70. The molecule has 2 rings (SSSR count). The molecule has 0 fully saturated rings. The lowest BCUT2D eigenvalue weighted by Crippen LogP contribution is -2.22. The Labute approximate surface area is 114 Å². The van der Waals surface area contributed by atoms with Gasteiger partial charge >= 0.3 is 0 Å². The van der Waals surface area contributed by atoms with Crippen molar-refractivity contribution >= 4 is 34.5 Å². The van der Waals surface area contributed by atoms with Crippen molar-refractivity contribution in [2.45, 2.75) is 6.54 Å². The van der Waals surface area contributed by atoms with Crippen molar-refractivity contribution < 1.29 is 4.79 Å². The number of rotatable bonds is 4. The predicted molar refractivity (Wildman–Crippen MR) is 75.6 cm³/mol. The maximum atomic E-state index is 11.9. The van der Waals surface area contributed by atoms with Crippen molar-refractivity contribution in [3.8, 4) is 0 Å². The summed E-state index contributed by atoms with van der Waals surface area (Å²) < 4.78 is 0. The van der Waals surface area contributed by atoms with Crippen LogP contribution in [0.5, 0.6) is 0 Å². The van der Waals surface area contributed by atoms with Crippen molar-refractivity contribution in [1.82, 2.24) is 10.3 Å². The molecule has 0 aliphatic heterocycles. The summed E-state index contributed by atoms with van der Waals surface area (Å²) in [5, 5.41) is 2.81. The number of thiazole rings is 1. The predicted octanol–water partition coefficient (Wildman–Crippen LogP) is 1.71. The van der Waals surface area contributed by atoms with Crippen LogP contribution in [0.3, 0.4) is 0 Å². The molecule has 1 aromatic heterocycles. The highest BCUT2D eigenvalue weighted by Crippen LogP contribution is 2.07. The fourth-order valence-corrected chi connectivity index (χ4v) is 2.07. The van der Waals surface area contributed by atoms with E-state index < -0.39 is 0 Å². The van der Waals surface area contributed by atoms with E-state index in [1.165, 1.54) is 11.3 Å². The number of thiocarbonyl (C=S) groups is 1. The highest BCUT2D eigenvalue weighted by Gasteiger charge is 2.07. The molecule has 1 heterocycles. The Hall–Kier alpha value is -1.79. The Morgan fingerprint density at radius 2 is 2.22 bits per heavy atom. The van der Waals surface area contributed by atoms with Crippen LogP contribution in [0.4, 0.5) is 0 Å². The number of nitrogens with one attached hydrogen (secondary N) is 1. The van der Waals surface area contributed by atoms with Crippen molar-refractivity contribution in [2.24, 2.45) is 5.73 Å². The Kier molecular flexibility index (Phi) is 4.01. The highest BCUT2D eigenvalue weighted by atomic mass is 32.1. The van der Waals surface area contributed by atoms with Gasteiger partial charge in [-0.1, -0.05) is 24.4 Å². The van der Waals surface area contributed by atoms with Gasteiger partial charge in [0, 0.05) is 22.2 Å². The molecule has 1 aromatic carbocycles. The molecule has 0 bridgehead atoms. The van der Waals surface area contributed by atoms with E-state index in [1.54, 1.807) is 36.0 Å². The van der Waals surface area contributed by atoms with E-state index >= 15 is 0 Å². The average molecular weight is 277 g/mol. The first-order chi connectivity index (χ1) is 8.66. The number of benzene rings is 1. The van der Waals surface area contributed by atoms with Gasteiger partial charge < -0.3 is 11.1 Å². The first-order valence-corrected chi connectivity index (χ1v) is 6.51. The zero-order valence-corrected chi connectivity index (χ0v) is 11.1. The number of hydrogen-bond acceptors (Lipinski definition) is 4. The van der Waals surface area contributed by atoms with Crippen LogP contribution in [-0.2, 0) is 6.54 Å². The summed E-state index contributed by atoms with van der Waals surface area (Å²) in [6.45, 7) is 0.473. The first kappa shape index (κ1) is 12.7. The molecule has 0 aliphatic rings. The Balaban J connectivity index is 2.04. The van der Waals surface area contributed by atoms with Crippen LogP contribution in [0.25, 0.3) is 0 Å². The lowest BCUT2D eigenvalue weighted by atomic mass is 10.1. The summed E-state index contributed by atoms with van der Waals surface area (Å²) in [5.74, 6) is -0.151. The molecule has 3 N–H and O–H groups in total. The van der Waals surface area contributed by atoms with E-state index in [0.29, 0.717) is 17.7 Å². The molecule has 0 radical (unpaired) electrons. The number of amides is 1. The molecular weight excluding hydrogens is 266 g/mol. The summed E-state index contributed by atoms with van der Waals surface area (Å²) in [6.07, 6.45) is 1.73. The van der Waals surface area contributed by atoms with Crippen molar-refractivity contribution in [1.29, 1.82) is 0 Å². The van der Waals surface area contributed by atoms with Crippen LogP contribution < -0.4 is 11.1 Å². The minimum Gasteiger partial charge on any atom is -0.389 e. The number of nitrogens with zero attached hydrogens (tertiary/aromatic N) is 1. The molecule has 0 saturated heterocycles. The van der Waals surface area contributed by atoms with E-state index in [1.807, 2.05) is 0 Å². The summed E-state index contributed by atoms with van der Waals surface area (Å²) in [4.78, 5) is 17.1. The molecule has 0 aliphatic carbocycles. The van der Waals surface area contributed by atoms with Crippen LogP contribution in [0.2, 0.25) is 0 Å². The quantitative estimate of drug-likeness (QED) is 0.835. The molecular formula is C12H11N3OS2. The van der Waals surface area contributed by atoms with Gasteiger partial charge in [-0.05, 0) is 12.1 Å². The average Bonchev–Trinajstić information content (AvgIpc) is 2.89. The molecule has 18 heavy (non-hydrogen) atoms. The van der Waals surface area contributed by atoms with Crippen LogP contribution in [-0.4, -0.2) is 15.9 Å². The van der Waals surface area contributed by atoms with Crippen molar-refractivity contribution in [3.05, 3.63) is 52.0 Å². The fourth-order valence-electron chi connectivity index (χ4n) is 1.41. The zero-order chi connectivity index (χ0) is 13.0. The van der Waals surface area contributed by atoms with Gasteiger partial charge in [-0.15, -0.1) is 11.3 Å². The molecule has 92 valence electrons. The van der Waals surface area contributed by atoms with Crippen LogP contribution in [0.15, 0.2) is 36.0 Å². The summed E-state index contributed by atoms with van der Waals surface area (Å²) in [7, 11) is 0. The minimum absolute atomic E-state index is 0.151. The lowest BCUT2D eigenvalue weighted by molar-refractivity contribution is 0.0951. The second-order valence-corrected chi connectivity index (χ2v) is 5.01. The topological polar surface area (TPSA) is 68.0 Å². The summed E-state index contributed by atoms with van der Waals surface area (Å²) in [5.41, 5.74) is 8.49. The van der Waals surface area contributed by atoms with E-state index in [9.17, 15) is 4.79 Å². The third kappa shape index (κ3) is 3.12. The molecule has 4 nitrogen and oxygen atoms in total. The third-order valence-electron chi connectivity index (χ3n) is 2.32. The van der Waals surface area contributed by atoms with Gasteiger partial charge in [-0.3, -0.25) is 9.78 Å². The van der Waals surface area contributed by atoms with Crippen molar-refractivity contribution in [2.75, 3.05) is 0 Å². The molecule has 6 heteroatoms. The normalized spacial score (nSPS) is 10.0. The number of carbonyl (C=O) groups excluding carboxylic acids is 1. The monoisotopic (exact) mass is 277 g/mol. The van der Waals surface area contributed by atoms with E-state index in [-0.39, 0.29) is 10.9 Å². The second-order valence-electron chi connectivity index (χ2n) is 3.60.